The summed E-state index contributed by atoms with van der Waals surface area (Å²) >= 11 is 6.27. The maximum Gasteiger partial charge on any atom is 0.223 e. The van der Waals surface area contributed by atoms with Crippen LogP contribution in [0.2, 0.25) is 0 Å². The highest BCUT2D eigenvalue weighted by atomic mass is 35.5. The number of carbonyl (C=O) groups excluding carboxylic acids is 2. The van der Waals surface area contributed by atoms with Crippen LogP contribution in [0.1, 0.15) is 37.1 Å². The number of hydrogen-bond donors (Lipinski definition) is 2. The summed E-state index contributed by atoms with van der Waals surface area (Å²) in [6.45, 7) is 3.70. The number of allylic oxidation sites excluding steroid dienone is 2. The molecule has 6 heteroatoms. The molecule has 2 atom stereocenters. The first kappa shape index (κ1) is 20.4. The fourth-order valence-electron chi connectivity index (χ4n) is 3.13. The standard InChI is InChI=1S/C23H20ClN3O2/c1-14(16-9-5-3-6-10-16)26-20-18(13-25)22(28)21(19(24)23(20)29)27-15(2)17-11-7-4-8-12-17/h3-12,14-15,26-27H,1-2H3/t14-,15-/m0/s1. The first-order valence-electron chi connectivity index (χ1n) is 9.20. The van der Waals surface area contributed by atoms with E-state index in [2.05, 4.69) is 10.6 Å². The lowest BCUT2D eigenvalue weighted by molar-refractivity contribution is -0.116. The van der Waals surface area contributed by atoms with Gasteiger partial charge in [0.05, 0.1) is 0 Å². The maximum atomic E-state index is 12.9. The second-order valence-electron chi connectivity index (χ2n) is 6.76. The number of ketones is 2. The molecule has 1 aliphatic carbocycles. The van der Waals surface area contributed by atoms with Crippen LogP contribution in [0.15, 0.2) is 82.7 Å². The van der Waals surface area contributed by atoms with E-state index in [1.165, 1.54) is 0 Å². The normalized spacial score (nSPS) is 16.3. The van der Waals surface area contributed by atoms with Crippen molar-refractivity contribution < 1.29 is 9.59 Å². The molecule has 0 saturated carbocycles. The third kappa shape index (κ3) is 4.23. The molecular formula is C23H20ClN3O2. The molecule has 3 rings (SSSR count). The Morgan fingerprint density at radius 2 is 1.24 bits per heavy atom. The fourth-order valence-corrected chi connectivity index (χ4v) is 3.37. The van der Waals surface area contributed by atoms with E-state index in [4.69, 9.17) is 11.6 Å². The molecule has 0 aliphatic heterocycles. The van der Waals surface area contributed by atoms with Crippen LogP contribution < -0.4 is 10.6 Å². The van der Waals surface area contributed by atoms with Gasteiger partial charge in [-0.25, -0.2) is 0 Å². The van der Waals surface area contributed by atoms with Crippen LogP contribution in [0.4, 0.5) is 0 Å². The molecule has 2 N–H and O–H groups in total. The predicted octanol–water partition coefficient (Wildman–Crippen LogP) is 4.07. The molecule has 0 aromatic heterocycles. The van der Waals surface area contributed by atoms with Crippen molar-refractivity contribution in [1.82, 2.24) is 10.6 Å². The lowest BCUT2D eigenvalue weighted by Crippen LogP contribution is -2.36. The number of Topliss-reactive ketones (excluding diaryl/α,β-unsaturated/α-hetero) is 2. The SMILES string of the molecule is C[C@H](NC1=C(Cl)C(=O)C(N[C@@H](C)c2ccccc2)=C(C#N)C1=O)c1ccccc1. The molecule has 0 unspecified atom stereocenters. The molecule has 146 valence electrons. The molecule has 1 aliphatic rings. The highest BCUT2D eigenvalue weighted by Crippen LogP contribution is 2.28. The Bertz CT molecular complexity index is 1040. The average molecular weight is 406 g/mol. The molecule has 29 heavy (non-hydrogen) atoms. The van der Waals surface area contributed by atoms with Crippen LogP contribution in [-0.4, -0.2) is 11.6 Å². The monoisotopic (exact) mass is 405 g/mol. The maximum absolute atomic E-state index is 12.9. The van der Waals surface area contributed by atoms with Gasteiger partial charge in [0.15, 0.2) is 0 Å². The summed E-state index contributed by atoms with van der Waals surface area (Å²) < 4.78 is 0. The van der Waals surface area contributed by atoms with Crippen molar-refractivity contribution in [1.29, 1.82) is 5.26 Å². The Labute approximate surface area is 174 Å². The zero-order valence-electron chi connectivity index (χ0n) is 16.1. The molecule has 0 heterocycles. The second kappa shape index (κ2) is 8.76. The number of carbonyl (C=O) groups is 2. The number of rotatable bonds is 6. The van der Waals surface area contributed by atoms with Crippen LogP contribution in [0.3, 0.4) is 0 Å². The Kier molecular flexibility index (Phi) is 6.16. The van der Waals surface area contributed by atoms with Gasteiger partial charge in [-0.2, -0.15) is 5.26 Å². The third-order valence-corrected chi connectivity index (χ3v) is 5.14. The fraction of sp³-hybridized carbons (Fsp3) is 0.174. The van der Waals surface area contributed by atoms with Gasteiger partial charge in [-0.05, 0) is 25.0 Å². The zero-order chi connectivity index (χ0) is 21.0. The lowest BCUT2D eigenvalue weighted by Gasteiger charge is -2.25. The summed E-state index contributed by atoms with van der Waals surface area (Å²) in [6, 6.07) is 20.2. The molecule has 0 fully saturated rings. The summed E-state index contributed by atoms with van der Waals surface area (Å²) in [4.78, 5) is 25.8. The van der Waals surface area contributed by atoms with Gasteiger partial charge < -0.3 is 10.6 Å². The van der Waals surface area contributed by atoms with E-state index in [-0.39, 0.29) is 34.1 Å². The molecule has 5 nitrogen and oxygen atoms in total. The average Bonchev–Trinajstić information content (AvgIpc) is 2.76. The van der Waals surface area contributed by atoms with Crippen LogP contribution in [0, 0.1) is 11.3 Å². The summed E-state index contributed by atoms with van der Waals surface area (Å²) in [7, 11) is 0. The molecule has 0 bridgehead atoms. The predicted molar refractivity (Wildman–Crippen MR) is 112 cm³/mol. The van der Waals surface area contributed by atoms with Gasteiger partial charge in [-0.1, -0.05) is 72.3 Å². The van der Waals surface area contributed by atoms with E-state index in [1.54, 1.807) is 0 Å². The summed E-state index contributed by atoms with van der Waals surface area (Å²) in [5.74, 6) is -1.17. The number of nitrogens with zero attached hydrogens (tertiary/aromatic N) is 1. The second-order valence-corrected chi connectivity index (χ2v) is 7.14. The minimum absolute atomic E-state index is 0.0533. The number of hydrogen-bond acceptors (Lipinski definition) is 5. The molecule has 2 aromatic carbocycles. The molecule has 0 radical (unpaired) electrons. The number of nitriles is 1. The number of halogens is 1. The van der Waals surface area contributed by atoms with E-state index < -0.39 is 11.6 Å². The van der Waals surface area contributed by atoms with Gasteiger partial charge >= 0.3 is 0 Å². The van der Waals surface area contributed by atoms with Gasteiger partial charge in [-0.15, -0.1) is 0 Å². The Balaban J connectivity index is 1.88. The molecular weight excluding hydrogens is 386 g/mol. The first-order valence-corrected chi connectivity index (χ1v) is 9.58. The molecule has 0 saturated heterocycles. The largest absolute Gasteiger partial charge is 0.374 e. The van der Waals surface area contributed by atoms with Crippen molar-refractivity contribution in [3.8, 4) is 6.07 Å². The van der Waals surface area contributed by atoms with E-state index >= 15 is 0 Å². The van der Waals surface area contributed by atoms with Gasteiger partial charge in [0.1, 0.15) is 28.1 Å². The quantitative estimate of drug-likeness (QED) is 0.708. The zero-order valence-corrected chi connectivity index (χ0v) is 16.8. The third-order valence-electron chi connectivity index (χ3n) is 4.78. The van der Waals surface area contributed by atoms with Crippen molar-refractivity contribution in [3.63, 3.8) is 0 Å². The van der Waals surface area contributed by atoms with E-state index in [0.29, 0.717) is 0 Å². The molecule has 0 spiro atoms. The van der Waals surface area contributed by atoms with Gasteiger partial charge in [0.2, 0.25) is 11.6 Å². The number of nitrogens with one attached hydrogen (secondary N) is 2. The highest BCUT2D eigenvalue weighted by molar-refractivity contribution is 6.49. The van der Waals surface area contributed by atoms with Crippen molar-refractivity contribution >= 4 is 23.2 Å². The van der Waals surface area contributed by atoms with Crippen LogP contribution in [-0.2, 0) is 9.59 Å². The van der Waals surface area contributed by atoms with Crippen LogP contribution >= 0.6 is 11.6 Å². The van der Waals surface area contributed by atoms with Crippen molar-refractivity contribution in [2.75, 3.05) is 0 Å². The van der Waals surface area contributed by atoms with E-state index in [1.807, 2.05) is 80.6 Å². The topological polar surface area (TPSA) is 82.0 Å². The van der Waals surface area contributed by atoms with Gasteiger partial charge in [-0.3, -0.25) is 9.59 Å². The van der Waals surface area contributed by atoms with Crippen molar-refractivity contribution in [3.05, 3.63) is 93.8 Å². The van der Waals surface area contributed by atoms with E-state index in [9.17, 15) is 14.9 Å². The van der Waals surface area contributed by atoms with Crippen LogP contribution in [0.25, 0.3) is 0 Å². The Morgan fingerprint density at radius 1 is 0.793 bits per heavy atom. The molecule has 0 amide bonds. The van der Waals surface area contributed by atoms with Crippen molar-refractivity contribution in [2.24, 2.45) is 0 Å². The first-order chi connectivity index (χ1) is 13.9. The molecule has 2 aromatic rings. The summed E-state index contributed by atoms with van der Waals surface area (Å²) in [6.07, 6.45) is 0. The Hall–Kier alpha value is -3.36. The smallest absolute Gasteiger partial charge is 0.223 e. The van der Waals surface area contributed by atoms with Crippen molar-refractivity contribution in [2.45, 2.75) is 25.9 Å². The number of benzene rings is 2. The van der Waals surface area contributed by atoms with Crippen LogP contribution in [0.5, 0.6) is 0 Å². The lowest BCUT2D eigenvalue weighted by atomic mass is 9.95. The van der Waals surface area contributed by atoms with E-state index in [0.717, 1.165) is 11.1 Å². The van der Waals surface area contributed by atoms with Gasteiger partial charge in [0, 0.05) is 12.1 Å². The minimum Gasteiger partial charge on any atom is -0.374 e. The van der Waals surface area contributed by atoms with Gasteiger partial charge in [0.25, 0.3) is 0 Å². The highest BCUT2D eigenvalue weighted by Gasteiger charge is 2.35. The minimum atomic E-state index is -0.595. The summed E-state index contributed by atoms with van der Waals surface area (Å²) in [5.41, 5.74) is 1.47. The summed E-state index contributed by atoms with van der Waals surface area (Å²) in [5, 5.41) is 15.3. The Morgan fingerprint density at radius 3 is 1.69 bits per heavy atom.